The van der Waals surface area contributed by atoms with Gasteiger partial charge in [-0.05, 0) is 46.5 Å². The fourth-order valence-corrected chi connectivity index (χ4v) is 2.49. The van der Waals surface area contributed by atoms with Gasteiger partial charge in [0.25, 0.3) is 0 Å². The van der Waals surface area contributed by atoms with Crippen molar-refractivity contribution in [1.82, 2.24) is 4.90 Å². The number of carbonyl (C=O) groups excluding carboxylic acids is 2. The Kier molecular flexibility index (Phi) is 4.41. The van der Waals surface area contributed by atoms with Crippen molar-refractivity contribution >= 4 is 12.4 Å². The second-order valence-electron chi connectivity index (χ2n) is 6.36. The van der Waals surface area contributed by atoms with Gasteiger partial charge in [-0.3, -0.25) is 4.90 Å². The molecule has 0 aromatic heterocycles. The van der Waals surface area contributed by atoms with Gasteiger partial charge in [0, 0.05) is 7.05 Å². The third-order valence-corrected chi connectivity index (χ3v) is 3.81. The lowest BCUT2D eigenvalue weighted by molar-refractivity contribution is -0.120. The number of hydrogen-bond acceptors (Lipinski definition) is 3. The zero-order chi connectivity index (χ0) is 14.0. The van der Waals surface area contributed by atoms with Gasteiger partial charge in [-0.2, -0.15) is 0 Å². The van der Waals surface area contributed by atoms with Gasteiger partial charge in [-0.1, -0.05) is 12.8 Å². The van der Waals surface area contributed by atoms with E-state index in [4.69, 9.17) is 4.74 Å². The quantitative estimate of drug-likeness (QED) is 0.728. The smallest absolute Gasteiger partial charge is 0.410 e. The van der Waals surface area contributed by atoms with Gasteiger partial charge in [0.05, 0.1) is 0 Å². The Bertz CT molecular complexity index is 315. The molecular weight excluding hydrogens is 230 g/mol. The predicted octanol–water partition coefficient (Wildman–Crippen LogP) is 3.00. The van der Waals surface area contributed by atoms with E-state index in [2.05, 4.69) is 0 Å². The van der Waals surface area contributed by atoms with Crippen molar-refractivity contribution in [2.75, 3.05) is 7.05 Å². The summed E-state index contributed by atoms with van der Waals surface area (Å²) in [5.74, 6) is 0.243. The van der Waals surface area contributed by atoms with Crippen LogP contribution in [0.2, 0.25) is 0 Å². The van der Waals surface area contributed by atoms with Crippen LogP contribution in [0.15, 0.2) is 0 Å². The largest absolute Gasteiger partial charge is 0.444 e. The topological polar surface area (TPSA) is 46.6 Å². The van der Waals surface area contributed by atoms with Crippen LogP contribution in [0, 0.1) is 5.92 Å². The highest BCUT2D eigenvalue weighted by molar-refractivity contribution is 5.76. The Labute approximate surface area is 110 Å². The monoisotopic (exact) mass is 255 g/mol. The number of carbonyl (C=O) groups is 2. The van der Waals surface area contributed by atoms with Crippen LogP contribution in [0.3, 0.4) is 0 Å². The molecule has 1 amide bonds. The molecule has 104 valence electrons. The molecule has 1 fully saturated rings. The lowest BCUT2D eigenvalue weighted by Crippen LogP contribution is -2.54. The molecule has 1 unspecified atom stereocenters. The molecule has 1 rings (SSSR count). The van der Waals surface area contributed by atoms with E-state index in [-0.39, 0.29) is 5.92 Å². The molecular formula is C14H25NO3. The number of likely N-dealkylation sites (N-methyl/N-ethyl adjacent to an activating group) is 1. The summed E-state index contributed by atoms with van der Waals surface area (Å²) in [6, 6.07) is 0. The molecule has 4 nitrogen and oxygen atoms in total. The van der Waals surface area contributed by atoms with Gasteiger partial charge in [-0.25, -0.2) is 4.79 Å². The van der Waals surface area contributed by atoms with Crippen molar-refractivity contribution in [1.29, 1.82) is 0 Å². The first-order valence-electron chi connectivity index (χ1n) is 6.64. The summed E-state index contributed by atoms with van der Waals surface area (Å²) >= 11 is 0. The van der Waals surface area contributed by atoms with Crippen LogP contribution in [0.1, 0.15) is 53.4 Å². The predicted molar refractivity (Wildman–Crippen MR) is 70.4 cm³/mol. The Hall–Kier alpha value is -1.06. The van der Waals surface area contributed by atoms with Gasteiger partial charge < -0.3 is 9.53 Å². The van der Waals surface area contributed by atoms with E-state index in [0.717, 1.165) is 32.0 Å². The fourth-order valence-electron chi connectivity index (χ4n) is 2.49. The van der Waals surface area contributed by atoms with E-state index in [0.29, 0.717) is 0 Å². The summed E-state index contributed by atoms with van der Waals surface area (Å²) in [6.07, 6.45) is 4.74. The molecule has 0 N–H and O–H groups in total. The molecule has 4 heteroatoms. The Morgan fingerprint density at radius 3 is 2.11 bits per heavy atom. The first-order chi connectivity index (χ1) is 8.20. The van der Waals surface area contributed by atoms with E-state index in [1.807, 2.05) is 27.7 Å². The molecule has 0 spiro atoms. The first-order valence-corrected chi connectivity index (χ1v) is 6.64. The zero-order valence-corrected chi connectivity index (χ0v) is 12.2. The molecule has 0 aliphatic heterocycles. The summed E-state index contributed by atoms with van der Waals surface area (Å²) in [4.78, 5) is 25.0. The summed E-state index contributed by atoms with van der Waals surface area (Å²) in [7, 11) is 1.65. The maximum absolute atomic E-state index is 12.1. The lowest BCUT2D eigenvalue weighted by atomic mass is 9.84. The molecule has 0 saturated heterocycles. The Morgan fingerprint density at radius 2 is 1.72 bits per heavy atom. The van der Waals surface area contributed by atoms with Crippen LogP contribution in [-0.4, -0.2) is 35.5 Å². The molecule has 1 saturated carbocycles. The maximum Gasteiger partial charge on any atom is 0.410 e. The van der Waals surface area contributed by atoms with E-state index < -0.39 is 17.2 Å². The standard InChI is InChI=1S/C14H25NO3/c1-13(2,3)18-12(17)15(5)14(4,10-16)11-8-6-7-9-11/h10-11H,6-9H2,1-5H3. The van der Waals surface area contributed by atoms with Crippen LogP contribution < -0.4 is 0 Å². The van der Waals surface area contributed by atoms with E-state index in [1.165, 1.54) is 4.90 Å². The number of ether oxygens (including phenoxy) is 1. The van der Waals surface area contributed by atoms with E-state index in [1.54, 1.807) is 7.05 Å². The van der Waals surface area contributed by atoms with Crippen molar-refractivity contribution in [3.05, 3.63) is 0 Å². The van der Waals surface area contributed by atoms with E-state index >= 15 is 0 Å². The molecule has 0 aromatic carbocycles. The van der Waals surface area contributed by atoms with Crippen LogP contribution in [0.25, 0.3) is 0 Å². The number of nitrogens with zero attached hydrogens (tertiary/aromatic N) is 1. The van der Waals surface area contributed by atoms with Crippen LogP contribution in [0.4, 0.5) is 4.79 Å². The van der Waals surface area contributed by atoms with Crippen LogP contribution in [0.5, 0.6) is 0 Å². The van der Waals surface area contributed by atoms with Crippen molar-refractivity contribution in [3.8, 4) is 0 Å². The van der Waals surface area contributed by atoms with Crippen molar-refractivity contribution in [3.63, 3.8) is 0 Å². The average molecular weight is 255 g/mol. The molecule has 0 bridgehead atoms. The van der Waals surface area contributed by atoms with Crippen molar-refractivity contribution < 1.29 is 14.3 Å². The van der Waals surface area contributed by atoms with Crippen LogP contribution in [-0.2, 0) is 9.53 Å². The fraction of sp³-hybridized carbons (Fsp3) is 0.857. The average Bonchev–Trinajstić information content (AvgIpc) is 2.78. The minimum atomic E-state index is -0.751. The number of aldehydes is 1. The summed E-state index contributed by atoms with van der Waals surface area (Å²) in [5.41, 5.74) is -1.29. The third-order valence-electron chi connectivity index (χ3n) is 3.81. The molecule has 0 radical (unpaired) electrons. The second kappa shape index (κ2) is 5.29. The molecule has 0 aromatic rings. The summed E-state index contributed by atoms with van der Waals surface area (Å²) in [5, 5.41) is 0. The normalized spacial score (nSPS) is 20.3. The summed E-state index contributed by atoms with van der Waals surface area (Å²) < 4.78 is 5.34. The molecule has 0 heterocycles. The highest BCUT2D eigenvalue weighted by atomic mass is 16.6. The van der Waals surface area contributed by atoms with E-state index in [9.17, 15) is 9.59 Å². The highest BCUT2D eigenvalue weighted by Crippen LogP contribution is 2.36. The zero-order valence-electron chi connectivity index (χ0n) is 12.2. The van der Waals surface area contributed by atoms with Gasteiger partial charge in [0.2, 0.25) is 0 Å². The Balaban J connectivity index is 2.80. The molecule has 1 atom stereocenters. The minimum Gasteiger partial charge on any atom is -0.444 e. The molecule has 18 heavy (non-hydrogen) atoms. The summed E-state index contributed by atoms with van der Waals surface area (Å²) in [6.45, 7) is 7.31. The highest BCUT2D eigenvalue weighted by Gasteiger charge is 2.42. The van der Waals surface area contributed by atoms with Crippen molar-refractivity contribution in [2.45, 2.75) is 64.5 Å². The number of hydrogen-bond donors (Lipinski definition) is 0. The SMILES string of the molecule is CN(C(=O)OC(C)(C)C)C(C)(C=O)C1CCCC1. The van der Waals surface area contributed by atoms with Crippen molar-refractivity contribution in [2.24, 2.45) is 5.92 Å². The number of amides is 1. The van der Waals surface area contributed by atoms with Gasteiger partial charge in [0.15, 0.2) is 0 Å². The van der Waals surface area contributed by atoms with Gasteiger partial charge in [0.1, 0.15) is 17.4 Å². The molecule has 1 aliphatic carbocycles. The van der Waals surface area contributed by atoms with Crippen LogP contribution >= 0.6 is 0 Å². The Morgan fingerprint density at radius 1 is 1.22 bits per heavy atom. The van der Waals surface area contributed by atoms with Gasteiger partial charge >= 0.3 is 6.09 Å². The second-order valence-corrected chi connectivity index (χ2v) is 6.36. The lowest BCUT2D eigenvalue weighted by Gasteiger charge is -2.39. The number of rotatable bonds is 3. The first kappa shape index (κ1) is 15.0. The van der Waals surface area contributed by atoms with Gasteiger partial charge in [-0.15, -0.1) is 0 Å². The molecule has 1 aliphatic rings. The minimum absolute atomic E-state index is 0.243. The maximum atomic E-state index is 12.1. The third kappa shape index (κ3) is 3.24.